The number of fused-ring (bicyclic) bond motifs is 7. The van der Waals surface area contributed by atoms with Gasteiger partial charge in [-0.15, -0.1) is 0 Å². The van der Waals surface area contributed by atoms with E-state index in [1.165, 1.54) is 93.1 Å². The molecule has 0 radical (unpaired) electrons. The third-order valence-electron chi connectivity index (χ3n) is 14.0. The zero-order valence-corrected chi connectivity index (χ0v) is 38.0. The number of nitrogens with zero attached hydrogens (tertiary/aromatic N) is 2. The van der Waals surface area contributed by atoms with E-state index >= 15 is 0 Å². The molecule has 12 aromatic rings. The van der Waals surface area contributed by atoms with E-state index in [9.17, 15) is 0 Å². The second kappa shape index (κ2) is 17.0. The summed E-state index contributed by atoms with van der Waals surface area (Å²) in [6.07, 6.45) is 11.4. The molecule has 1 aliphatic rings. The highest BCUT2D eigenvalue weighted by molar-refractivity contribution is 6.12. The summed E-state index contributed by atoms with van der Waals surface area (Å²) in [5.74, 6) is -0.0188. The molecule has 11 aromatic carbocycles. The number of allylic oxidation sites excluding steroid dienone is 5. The minimum Gasteiger partial charge on any atom is -0.311 e. The Morgan fingerprint density at radius 1 is 0.348 bits per heavy atom. The molecular formula is C67H46N2. The molecule has 2 nitrogen and oxygen atoms in total. The van der Waals surface area contributed by atoms with Crippen LogP contribution in [0, 0.1) is 0 Å². The highest BCUT2D eigenvalue weighted by Crippen LogP contribution is 2.42. The van der Waals surface area contributed by atoms with Gasteiger partial charge in [-0.25, -0.2) is 0 Å². The van der Waals surface area contributed by atoms with Gasteiger partial charge < -0.3 is 9.47 Å². The standard InChI is InChI=1S/C67H46N2/c1-3-14-46(15-4-1)54-35-41-64-66(45-54)69(57-20-5-2-6-21-57)65-25-13-24-63(67(64)65)55-19-9-11-22-60(44-55)68(58-36-30-48(31-37-58)52-28-26-47-16-7-8-18-51(47)42-52)59-38-32-49(33-39-59)53-34-40-62-56(43-53)29-27-50-17-10-12-23-61(50)62/h1-45,55H. The van der Waals surface area contributed by atoms with Gasteiger partial charge in [-0.05, 0) is 144 Å². The molecule has 0 aliphatic heterocycles. The first kappa shape index (κ1) is 40.3. The van der Waals surface area contributed by atoms with Crippen LogP contribution in [-0.2, 0) is 0 Å². The Bertz CT molecular complexity index is 3990. The normalized spacial score (nSPS) is 13.6. The maximum atomic E-state index is 2.44. The van der Waals surface area contributed by atoms with Crippen molar-refractivity contribution in [3.63, 3.8) is 0 Å². The van der Waals surface area contributed by atoms with E-state index in [0.29, 0.717) is 0 Å². The predicted octanol–water partition coefficient (Wildman–Crippen LogP) is 18.2. The molecule has 69 heavy (non-hydrogen) atoms. The predicted molar refractivity (Wildman–Crippen MR) is 294 cm³/mol. The van der Waals surface area contributed by atoms with Crippen LogP contribution in [0.15, 0.2) is 279 Å². The van der Waals surface area contributed by atoms with Crippen molar-refractivity contribution in [2.24, 2.45) is 0 Å². The summed E-state index contributed by atoms with van der Waals surface area (Å²) in [6, 6.07) is 88.7. The molecule has 1 unspecified atom stereocenters. The number of hydrogen-bond acceptors (Lipinski definition) is 1. The summed E-state index contributed by atoms with van der Waals surface area (Å²) in [6.45, 7) is 0. The molecule has 324 valence electrons. The fourth-order valence-corrected chi connectivity index (χ4v) is 10.6. The Kier molecular flexibility index (Phi) is 9.95. The first-order chi connectivity index (χ1) is 34.2. The lowest BCUT2D eigenvalue weighted by Gasteiger charge is -2.28. The summed E-state index contributed by atoms with van der Waals surface area (Å²) in [7, 11) is 0. The van der Waals surface area contributed by atoms with E-state index in [2.05, 4.69) is 283 Å². The number of rotatable bonds is 8. The monoisotopic (exact) mass is 878 g/mol. The maximum Gasteiger partial charge on any atom is 0.0547 e. The lowest BCUT2D eigenvalue weighted by atomic mass is 9.92. The summed E-state index contributed by atoms with van der Waals surface area (Å²) >= 11 is 0. The van der Waals surface area contributed by atoms with Crippen LogP contribution in [0.3, 0.4) is 0 Å². The van der Waals surface area contributed by atoms with Gasteiger partial charge in [-0.3, -0.25) is 0 Å². The van der Waals surface area contributed by atoms with Gasteiger partial charge in [0, 0.05) is 39.4 Å². The number of hydrogen-bond donors (Lipinski definition) is 0. The Balaban J connectivity index is 0.937. The third kappa shape index (κ3) is 7.31. The SMILES string of the molecule is C1=CC(N(c2ccc(-c3ccc4ccccc4c3)cc2)c2ccc(-c3ccc4c(ccc5ccccc54)c3)cc2)=CC(c2cccc3c2c2ccc(-c4ccccc4)cc2n3-c2ccccc2)C=C1. The van der Waals surface area contributed by atoms with Crippen LogP contribution in [0.1, 0.15) is 11.5 Å². The molecule has 1 aliphatic carbocycles. The van der Waals surface area contributed by atoms with Crippen molar-refractivity contribution in [2.75, 3.05) is 4.90 Å². The van der Waals surface area contributed by atoms with Crippen molar-refractivity contribution in [1.29, 1.82) is 0 Å². The number of benzene rings is 11. The number of aromatic nitrogens is 1. The van der Waals surface area contributed by atoms with Gasteiger partial charge >= 0.3 is 0 Å². The summed E-state index contributed by atoms with van der Waals surface area (Å²) < 4.78 is 2.44. The lowest BCUT2D eigenvalue weighted by Crippen LogP contribution is -2.16. The van der Waals surface area contributed by atoms with Crippen LogP contribution in [0.2, 0.25) is 0 Å². The van der Waals surface area contributed by atoms with Crippen LogP contribution in [0.4, 0.5) is 11.4 Å². The van der Waals surface area contributed by atoms with Crippen LogP contribution < -0.4 is 4.90 Å². The lowest BCUT2D eigenvalue weighted by molar-refractivity contribution is 1.07. The topological polar surface area (TPSA) is 8.17 Å². The van der Waals surface area contributed by atoms with E-state index in [1.54, 1.807) is 0 Å². The van der Waals surface area contributed by atoms with Crippen molar-refractivity contribution >= 4 is 65.5 Å². The van der Waals surface area contributed by atoms with Gasteiger partial charge in [-0.1, -0.05) is 200 Å². The number of anilines is 2. The highest BCUT2D eigenvalue weighted by atomic mass is 15.1. The molecule has 13 rings (SSSR count). The molecule has 1 heterocycles. The fourth-order valence-electron chi connectivity index (χ4n) is 10.6. The van der Waals surface area contributed by atoms with Gasteiger partial charge in [0.15, 0.2) is 0 Å². The van der Waals surface area contributed by atoms with Gasteiger partial charge in [0.25, 0.3) is 0 Å². The molecule has 2 heteroatoms. The Labute approximate surface area is 402 Å². The van der Waals surface area contributed by atoms with Crippen molar-refractivity contribution < 1.29 is 0 Å². The van der Waals surface area contributed by atoms with E-state index in [0.717, 1.165) is 22.8 Å². The fraction of sp³-hybridized carbons (Fsp3) is 0.0149. The van der Waals surface area contributed by atoms with Crippen molar-refractivity contribution in [2.45, 2.75) is 5.92 Å². The molecule has 0 saturated carbocycles. The molecule has 0 saturated heterocycles. The van der Waals surface area contributed by atoms with Gasteiger partial charge in [0.05, 0.1) is 11.0 Å². The van der Waals surface area contributed by atoms with Crippen LogP contribution >= 0.6 is 0 Å². The van der Waals surface area contributed by atoms with Crippen LogP contribution in [0.5, 0.6) is 0 Å². The molecule has 0 spiro atoms. The van der Waals surface area contributed by atoms with Gasteiger partial charge in [0.2, 0.25) is 0 Å². The Morgan fingerprint density at radius 2 is 0.899 bits per heavy atom. The quantitative estimate of drug-likeness (QED) is 0.138. The summed E-state index contributed by atoms with van der Waals surface area (Å²) in [5.41, 5.74) is 15.3. The van der Waals surface area contributed by atoms with Crippen molar-refractivity contribution in [3.05, 3.63) is 284 Å². The zero-order chi connectivity index (χ0) is 45.7. The second-order valence-corrected chi connectivity index (χ2v) is 18.1. The largest absolute Gasteiger partial charge is 0.311 e. The maximum absolute atomic E-state index is 2.44. The minimum atomic E-state index is -0.0188. The van der Waals surface area contributed by atoms with E-state index < -0.39 is 0 Å². The third-order valence-corrected chi connectivity index (χ3v) is 14.0. The Hall–Kier alpha value is -8.98. The van der Waals surface area contributed by atoms with Crippen molar-refractivity contribution in [1.82, 2.24) is 4.57 Å². The van der Waals surface area contributed by atoms with E-state index in [4.69, 9.17) is 0 Å². The minimum absolute atomic E-state index is 0.0188. The molecule has 0 bridgehead atoms. The first-order valence-electron chi connectivity index (χ1n) is 23.9. The average molecular weight is 879 g/mol. The molecular weight excluding hydrogens is 833 g/mol. The van der Waals surface area contributed by atoms with Crippen LogP contribution in [0.25, 0.3) is 93.2 Å². The summed E-state index contributed by atoms with van der Waals surface area (Å²) in [5, 5.41) is 10.1. The molecule has 1 aromatic heterocycles. The average Bonchev–Trinajstić information content (AvgIpc) is 3.56. The van der Waals surface area contributed by atoms with Gasteiger partial charge in [-0.2, -0.15) is 0 Å². The number of para-hydroxylation sites is 1. The molecule has 0 fully saturated rings. The zero-order valence-electron chi connectivity index (χ0n) is 38.0. The van der Waals surface area contributed by atoms with Gasteiger partial charge in [0.1, 0.15) is 0 Å². The van der Waals surface area contributed by atoms with E-state index in [1.807, 2.05) is 0 Å². The molecule has 1 atom stereocenters. The molecule has 0 amide bonds. The smallest absolute Gasteiger partial charge is 0.0547 e. The first-order valence-corrected chi connectivity index (χ1v) is 23.9. The van der Waals surface area contributed by atoms with Crippen molar-refractivity contribution in [3.8, 4) is 39.1 Å². The highest BCUT2D eigenvalue weighted by Gasteiger charge is 2.22. The Morgan fingerprint density at radius 3 is 1.65 bits per heavy atom. The second-order valence-electron chi connectivity index (χ2n) is 18.1. The van der Waals surface area contributed by atoms with Crippen LogP contribution in [-0.4, -0.2) is 4.57 Å². The summed E-state index contributed by atoms with van der Waals surface area (Å²) in [4.78, 5) is 2.41. The molecule has 0 N–H and O–H groups in total. The van der Waals surface area contributed by atoms with E-state index in [-0.39, 0.29) is 5.92 Å².